The number of ether oxygens (including phenoxy) is 2. The second-order valence-corrected chi connectivity index (χ2v) is 8.82. The van der Waals surface area contributed by atoms with Crippen LogP contribution >= 0.6 is 11.6 Å². The van der Waals surface area contributed by atoms with Gasteiger partial charge in [0.2, 0.25) is 15.9 Å². The van der Waals surface area contributed by atoms with Gasteiger partial charge >= 0.3 is 0 Å². The summed E-state index contributed by atoms with van der Waals surface area (Å²) in [6.45, 7) is 2.69. The number of amides is 1. The minimum Gasteiger partial charge on any atom is -0.376 e. The molecule has 1 unspecified atom stereocenters. The van der Waals surface area contributed by atoms with Gasteiger partial charge in [-0.15, -0.1) is 0 Å². The average Bonchev–Trinajstić information content (AvgIpc) is 2.67. The van der Waals surface area contributed by atoms with Crippen molar-refractivity contribution in [3.63, 3.8) is 0 Å². The molecule has 7 nitrogen and oxygen atoms in total. The van der Waals surface area contributed by atoms with Crippen molar-refractivity contribution in [3.05, 3.63) is 29.3 Å². The number of nitrogens with one attached hydrogen (secondary N) is 1. The summed E-state index contributed by atoms with van der Waals surface area (Å²) in [5.41, 5.74) is 0. The van der Waals surface area contributed by atoms with Gasteiger partial charge in [0.1, 0.15) is 0 Å². The van der Waals surface area contributed by atoms with E-state index in [4.69, 9.17) is 21.1 Å². The fourth-order valence-corrected chi connectivity index (χ4v) is 4.72. The van der Waals surface area contributed by atoms with Crippen LogP contribution in [0.25, 0.3) is 0 Å². The van der Waals surface area contributed by atoms with Crippen LogP contribution in [0.2, 0.25) is 5.02 Å². The highest BCUT2D eigenvalue weighted by molar-refractivity contribution is 7.89. The van der Waals surface area contributed by atoms with E-state index in [0.29, 0.717) is 57.3 Å². The van der Waals surface area contributed by atoms with Crippen LogP contribution in [0, 0.1) is 5.92 Å². The van der Waals surface area contributed by atoms with E-state index in [2.05, 4.69) is 5.32 Å². The quantitative estimate of drug-likeness (QED) is 0.801. The van der Waals surface area contributed by atoms with Crippen LogP contribution in [0.4, 0.5) is 0 Å². The van der Waals surface area contributed by atoms with Gasteiger partial charge in [0.25, 0.3) is 0 Å². The fraction of sp³-hybridized carbons (Fsp3) is 0.588. The number of carbonyl (C=O) groups is 1. The molecular formula is C17H23ClN2O5S. The van der Waals surface area contributed by atoms with Crippen molar-refractivity contribution in [2.45, 2.75) is 23.8 Å². The Morgan fingerprint density at radius 2 is 1.88 bits per heavy atom. The zero-order valence-electron chi connectivity index (χ0n) is 14.4. The van der Waals surface area contributed by atoms with Crippen molar-refractivity contribution >= 4 is 27.5 Å². The summed E-state index contributed by atoms with van der Waals surface area (Å²) >= 11 is 5.82. The molecule has 1 aromatic rings. The summed E-state index contributed by atoms with van der Waals surface area (Å²) < 4.78 is 37.5. The Bertz CT molecular complexity index is 711. The Morgan fingerprint density at radius 3 is 2.50 bits per heavy atom. The summed E-state index contributed by atoms with van der Waals surface area (Å²) in [5, 5.41) is 3.38. The maximum Gasteiger partial charge on any atom is 0.243 e. The molecule has 0 bridgehead atoms. The highest BCUT2D eigenvalue weighted by Gasteiger charge is 2.32. The Labute approximate surface area is 158 Å². The van der Waals surface area contributed by atoms with Crippen LogP contribution < -0.4 is 5.32 Å². The first kappa shape index (κ1) is 19.6. The lowest BCUT2D eigenvalue weighted by Crippen LogP contribution is -2.45. The molecule has 0 radical (unpaired) electrons. The third-order valence-corrected chi connectivity index (χ3v) is 6.83. The third kappa shape index (κ3) is 4.75. The first-order chi connectivity index (χ1) is 12.5. The Morgan fingerprint density at radius 1 is 1.19 bits per heavy atom. The van der Waals surface area contributed by atoms with Gasteiger partial charge in [0.15, 0.2) is 0 Å². The SMILES string of the molecule is O=C(NCC1COCCO1)C1CCN(S(=O)(=O)c2ccc(Cl)cc2)CC1. The summed E-state index contributed by atoms with van der Waals surface area (Å²) in [7, 11) is -3.55. The topological polar surface area (TPSA) is 84.9 Å². The smallest absolute Gasteiger partial charge is 0.243 e. The highest BCUT2D eigenvalue weighted by atomic mass is 35.5. The molecule has 1 atom stereocenters. The van der Waals surface area contributed by atoms with Gasteiger partial charge in [-0.3, -0.25) is 4.79 Å². The predicted molar refractivity (Wildman–Crippen MR) is 96.5 cm³/mol. The van der Waals surface area contributed by atoms with E-state index in [0.717, 1.165) is 0 Å². The molecule has 2 fully saturated rings. The molecule has 1 aromatic carbocycles. The highest BCUT2D eigenvalue weighted by Crippen LogP contribution is 2.24. The van der Waals surface area contributed by atoms with Crippen molar-refractivity contribution in [3.8, 4) is 0 Å². The summed E-state index contributed by atoms with van der Waals surface area (Å²) in [6.07, 6.45) is 0.888. The Hall–Kier alpha value is -1.19. The number of nitrogens with zero attached hydrogens (tertiary/aromatic N) is 1. The molecule has 9 heteroatoms. The molecule has 0 aliphatic carbocycles. The van der Waals surface area contributed by atoms with Crippen LogP contribution in [0.1, 0.15) is 12.8 Å². The molecule has 0 spiro atoms. The fourth-order valence-electron chi connectivity index (χ4n) is 3.13. The molecule has 1 N–H and O–H groups in total. The van der Waals surface area contributed by atoms with Crippen LogP contribution in [0.15, 0.2) is 29.2 Å². The van der Waals surface area contributed by atoms with Gasteiger partial charge in [0, 0.05) is 30.6 Å². The largest absolute Gasteiger partial charge is 0.376 e. The first-order valence-electron chi connectivity index (χ1n) is 8.69. The molecule has 2 saturated heterocycles. The van der Waals surface area contributed by atoms with Gasteiger partial charge in [0.05, 0.1) is 30.8 Å². The van der Waals surface area contributed by atoms with Crippen LogP contribution in [-0.2, 0) is 24.3 Å². The van der Waals surface area contributed by atoms with E-state index in [9.17, 15) is 13.2 Å². The Balaban J connectivity index is 1.50. The van der Waals surface area contributed by atoms with Crippen molar-refractivity contribution in [2.24, 2.45) is 5.92 Å². The van der Waals surface area contributed by atoms with E-state index >= 15 is 0 Å². The molecule has 2 aliphatic heterocycles. The lowest BCUT2D eigenvalue weighted by Gasteiger charge is -2.31. The molecule has 3 rings (SSSR count). The van der Waals surface area contributed by atoms with E-state index in [-0.39, 0.29) is 22.8 Å². The van der Waals surface area contributed by atoms with E-state index < -0.39 is 10.0 Å². The zero-order chi connectivity index (χ0) is 18.6. The maximum absolute atomic E-state index is 12.7. The maximum atomic E-state index is 12.7. The monoisotopic (exact) mass is 402 g/mol. The molecule has 144 valence electrons. The predicted octanol–water partition coefficient (Wildman–Crippen LogP) is 1.27. The number of halogens is 1. The van der Waals surface area contributed by atoms with Crippen molar-refractivity contribution in [1.29, 1.82) is 0 Å². The van der Waals surface area contributed by atoms with Gasteiger partial charge in [-0.05, 0) is 37.1 Å². The summed E-state index contributed by atoms with van der Waals surface area (Å²) in [4.78, 5) is 12.5. The van der Waals surface area contributed by atoms with Gasteiger partial charge in [-0.25, -0.2) is 8.42 Å². The minimum atomic E-state index is -3.55. The lowest BCUT2D eigenvalue weighted by atomic mass is 9.97. The van der Waals surface area contributed by atoms with Gasteiger partial charge in [-0.1, -0.05) is 11.6 Å². The average molecular weight is 403 g/mol. The van der Waals surface area contributed by atoms with E-state index in [1.807, 2.05) is 0 Å². The minimum absolute atomic E-state index is 0.0530. The van der Waals surface area contributed by atoms with Crippen LogP contribution in [0.3, 0.4) is 0 Å². The standard InChI is InChI=1S/C17H23ClN2O5S/c18-14-1-3-16(4-2-14)26(22,23)20-7-5-13(6-8-20)17(21)19-11-15-12-24-9-10-25-15/h1-4,13,15H,5-12H2,(H,19,21). The number of benzene rings is 1. The van der Waals surface area contributed by atoms with Gasteiger partial charge in [-0.2, -0.15) is 4.31 Å². The number of rotatable bonds is 5. The van der Waals surface area contributed by atoms with Crippen molar-refractivity contribution < 1.29 is 22.7 Å². The number of hydrogen-bond donors (Lipinski definition) is 1. The zero-order valence-corrected chi connectivity index (χ0v) is 16.0. The normalized spacial score (nSPS) is 22.9. The third-order valence-electron chi connectivity index (χ3n) is 4.67. The first-order valence-corrected chi connectivity index (χ1v) is 10.5. The van der Waals surface area contributed by atoms with Crippen LogP contribution in [0.5, 0.6) is 0 Å². The number of hydrogen-bond acceptors (Lipinski definition) is 5. The second kappa shape index (κ2) is 8.67. The molecular weight excluding hydrogens is 380 g/mol. The molecule has 2 heterocycles. The summed E-state index contributed by atoms with van der Waals surface area (Å²) in [5.74, 6) is -0.237. The number of carbonyl (C=O) groups excluding carboxylic acids is 1. The van der Waals surface area contributed by atoms with Crippen molar-refractivity contribution in [2.75, 3.05) is 39.5 Å². The summed E-state index contributed by atoms with van der Waals surface area (Å²) in [6, 6.07) is 6.13. The molecule has 1 amide bonds. The van der Waals surface area contributed by atoms with E-state index in [1.165, 1.54) is 16.4 Å². The van der Waals surface area contributed by atoms with Crippen molar-refractivity contribution in [1.82, 2.24) is 9.62 Å². The Kier molecular flexibility index (Phi) is 6.52. The number of piperidine rings is 1. The number of sulfonamides is 1. The second-order valence-electron chi connectivity index (χ2n) is 6.45. The lowest BCUT2D eigenvalue weighted by molar-refractivity contribution is -0.128. The van der Waals surface area contributed by atoms with Gasteiger partial charge < -0.3 is 14.8 Å². The van der Waals surface area contributed by atoms with E-state index in [1.54, 1.807) is 12.1 Å². The molecule has 26 heavy (non-hydrogen) atoms. The molecule has 0 aromatic heterocycles. The molecule has 0 saturated carbocycles. The molecule has 2 aliphatic rings. The van der Waals surface area contributed by atoms with Crippen LogP contribution in [-0.4, -0.2) is 64.2 Å².